The number of fused-ring (bicyclic) bond motifs is 1. The van der Waals surface area contributed by atoms with Gasteiger partial charge in [0.25, 0.3) is 0 Å². The molecule has 124 valence electrons. The second-order valence-corrected chi connectivity index (χ2v) is 7.04. The lowest BCUT2D eigenvalue weighted by molar-refractivity contribution is -0.122. The van der Waals surface area contributed by atoms with E-state index in [9.17, 15) is 4.79 Å². The smallest absolute Gasteiger partial charge is 0.224 e. The minimum Gasteiger partial charge on any atom is -0.351 e. The van der Waals surface area contributed by atoms with Crippen molar-refractivity contribution in [2.24, 2.45) is 0 Å². The highest BCUT2D eigenvalue weighted by molar-refractivity contribution is 5.89. The molecule has 0 radical (unpaired) electrons. The molecule has 2 rings (SSSR count). The largest absolute Gasteiger partial charge is 0.351 e. The molecular formula is C19H27N3O. The SMILES string of the molecule is CN(C)CCCC(C)(C)NC(=O)Cc1cncc2ccccc12. The van der Waals surface area contributed by atoms with Crippen LogP contribution in [0.3, 0.4) is 0 Å². The van der Waals surface area contributed by atoms with Crippen molar-refractivity contribution in [2.45, 2.75) is 38.6 Å². The Morgan fingerprint density at radius 2 is 1.96 bits per heavy atom. The van der Waals surface area contributed by atoms with E-state index in [2.05, 4.69) is 43.1 Å². The van der Waals surface area contributed by atoms with Crippen LogP contribution in [0.25, 0.3) is 10.8 Å². The molecule has 0 fully saturated rings. The number of hydrogen-bond acceptors (Lipinski definition) is 3. The summed E-state index contributed by atoms with van der Waals surface area (Å²) >= 11 is 0. The Hall–Kier alpha value is -1.94. The van der Waals surface area contributed by atoms with Crippen LogP contribution in [0.2, 0.25) is 0 Å². The van der Waals surface area contributed by atoms with E-state index in [0.717, 1.165) is 35.7 Å². The maximum absolute atomic E-state index is 12.4. The average Bonchev–Trinajstić information content (AvgIpc) is 2.46. The molecule has 23 heavy (non-hydrogen) atoms. The van der Waals surface area contributed by atoms with E-state index >= 15 is 0 Å². The van der Waals surface area contributed by atoms with Crippen molar-refractivity contribution < 1.29 is 4.79 Å². The van der Waals surface area contributed by atoms with Crippen LogP contribution in [-0.4, -0.2) is 42.0 Å². The number of amides is 1. The molecule has 1 heterocycles. The quantitative estimate of drug-likeness (QED) is 0.854. The number of hydrogen-bond donors (Lipinski definition) is 1. The zero-order chi connectivity index (χ0) is 16.9. The van der Waals surface area contributed by atoms with Crippen LogP contribution in [0.5, 0.6) is 0 Å². The second kappa shape index (κ2) is 7.55. The molecule has 2 aromatic rings. The Balaban J connectivity index is 1.98. The number of aromatic nitrogens is 1. The first-order valence-corrected chi connectivity index (χ1v) is 8.15. The van der Waals surface area contributed by atoms with Gasteiger partial charge in [0.2, 0.25) is 5.91 Å². The summed E-state index contributed by atoms with van der Waals surface area (Å²) in [5, 5.41) is 5.33. The molecule has 0 aliphatic heterocycles. The van der Waals surface area contributed by atoms with Crippen LogP contribution >= 0.6 is 0 Å². The van der Waals surface area contributed by atoms with Crippen LogP contribution in [0.1, 0.15) is 32.3 Å². The molecule has 0 atom stereocenters. The van der Waals surface area contributed by atoms with Crippen molar-refractivity contribution in [1.82, 2.24) is 15.2 Å². The molecule has 0 aliphatic rings. The fourth-order valence-corrected chi connectivity index (χ4v) is 2.81. The van der Waals surface area contributed by atoms with Crippen molar-refractivity contribution in [3.8, 4) is 0 Å². The van der Waals surface area contributed by atoms with E-state index in [0.29, 0.717) is 6.42 Å². The summed E-state index contributed by atoms with van der Waals surface area (Å²) in [6.45, 7) is 5.20. The van der Waals surface area contributed by atoms with Crippen LogP contribution in [0.4, 0.5) is 0 Å². The zero-order valence-corrected chi connectivity index (χ0v) is 14.6. The van der Waals surface area contributed by atoms with Gasteiger partial charge < -0.3 is 10.2 Å². The number of benzene rings is 1. The summed E-state index contributed by atoms with van der Waals surface area (Å²) in [6.07, 6.45) is 6.02. The Morgan fingerprint density at radius 1 is 1.22 bits per heavy atom. The number of carbonyl (C=O) groups excluding carboxylic acids is 1. The Kier molecular flexibility index (Phi) is 5.72. The van der Waals surface area contributed by atoms with E-state index in [1.54, 1.807) is 6.20 Å². The summed E-state index contributed by atoms with van der Waals surface area (Å²) in [5.41, 5.74) is 0.787. The molecule has 0 bridgehead atoms. The zero-order valence-electron chi connectivity index (χ0n) is 14.6. The van der Waals surface area contributed by atoms with Gasteiger partial charge in [-0.2, -0.15) is 0 Å². The predicted molar refractivity (Wildman–Crippen MR) is 95.5 cm³/mol. The van der Waals surface area contributed by atoms with Crippen LogP contribution < -0.4 is 5.32 Å². The normalized spacial score (nSPS) is 11.9. The number of pyridine rings is 1. The first-order chi connectivity index (χ1) is 10.9. The Morgan fingerprint density at radius 3 is 2.70 bits per heavy atom. The van der Waals surface area contributed by atoms with Gasteiger partial charge in [-0.1, -0.05) is 24.3 Å². The lowest BCUT2D eigenvalue weighted by atomic mass is 9.97. The second-order valence-electron chi connectivity index (χ2n) is 7.04. The van der Waals surface area contributed by atoms with E-state index < -0.39 is 0 Å². The van der Waals surface area contributed by atoms with E-state index in [1.807, 2.05) is 30.5 Å². The van der Waals surface area contributed by atoms with Gasteiger partial charge in [0.15, 0.2) is 0 Å². The summed E-state index contributed by atoms with van der Waals surface area (Å²) in [6, 6.07) is 8.05. The molecule has 1 amide bonds. The maximum atomic E-state index is 12.4. The molecule has 1 aromatic carbocycles. The standard InChI is InChI=1S/C19H27N3O/c1-19(2,10-7-11-22(3)4)21-18(23)12-16-14-20-13-15-8-5-6-9-17(15)16/h5-6,8-9,13-14H,7,10-12H2,1-4H3,(H,21,23). The Bertz CT molecular complexity index is 659. The summed E-state index contributed by atoms with van der Waals surface area (Å²) in [4.78, 5) is 18.8. The van der Waals surface area contributed by atoms with E-state index in [4.69, 9.17) is 0 Å². The molecule has 4 heteroatoms. The van der Waals surface area contributed by atoms with Crippen molar-refractivity contribution in [3.63, 3.8) is 0 Å². The predicted octanol–water partition coefficient (Wildman–Crippen LogP) is 3.01. The topological polar surface area (TPSA) is 45.2 Å². The van der Waals surface area contributed by atoms with E-state index in [-0.39, 0.29) is 11.4 Å². The highest BCUT2D eigenvalue weighted by Crippen LogP contribution is 2.18. The number of carbonyl (C=O) groups is 1. The maximum Gasteiger partial charge on any atom is 0.224 e. The highest BCUT2D eigenvalue weighted by atomic mass is 16.1. The summed E-state index contributed by atoms with van der Waals surface area (Å²) in [5.74, 6) is 0.0537. The third-order valence-corrected chi connectivity index (χ3v) is 3.99. The molecule has 1 N–H and O–H groups in total. The molecule has 0 spiro atoms. The molecule has 1 aromatic heterocycles. The molecule has 0 aliphatic carbocycles. The van der Waals surface area contributed by atoms with Gasteiger partial charge in [-0.15, -0.1) is 0 Å². The molecule has 0 saturated carbocycles. The molecule has 0 saturated heterocycles. The van der Waals surface area contributed by atoms with Gasteiger partial charge >= 0.3 is 0 Å². The van der Waals surface area contributed by atoms with Gasteiger partial charge in [0.05, 0.1) is 6.42 Å². The van der Waals surface area contributed by atoms with Gasteiger partial charge in [-0.3, -0.25) is 9.78 Å². The fraction of sp³-hybridized carbons (Fsp3) is 0.474. The minimum absolute atomic E-state index is 0.0537. The number of nitrogens with zero attached hydrogens (tertiary/aromatic N) is 2. The highest BCUT2D eigenvalue weighted by Gasteiger charge is 2.20. The first kappa shape index (κ1) is 17.4. The van der Waals surface area contributed by atoms with E-state index in [1.165, 1.54) is 0 Å². The average molecular weight is 313 g/mol. The third kappa shape index (κ3) is 5.32. The number of nitrogens with one attached hydrogen (secondary N) is 1. The van der Waals surface area contributed by atoms with Crippen LogP contribution in [0.15, 0.2) is 36.7 Å². The third-order valence-electron chi connectivity index (χ3n) is 3.99. The van der Waals surface area contributed by atoms with Crippen molar-refractivity contribution >= 4 is 16.7 Å². The summed E-state index contributed by atoms with van der Waals surface area (Å²) < 4.78 is 0. The number of rotatable bonds is 7. The van der Waals surface area contributed by atoms with Crippen molar-refractivity contribution in [2.75, 3.05) is 20.6 Å². The summed E-state index contributed by atoms with van der Waals surface area (Å²) in [7, 11) is 4.14. The van der Waals surface area contributed by atoms with Gasteiger partial charge in [-0.05, 0) is 58.3 Å². The van der Waals surface area contributed by atoms with Gasteiger partial charge in [0, 0.05) is 23.3 Å². The lowest BCUT2D eigenvalue weighted by Gasteiger charge is -2.27. The molecule has 0 unspecified atom stereocenters. The molecular weight excluding hydrogens is 286 g/mol. The fourth-order valence-electron chi connectivity index (χ4n) is 2.81. The van der Waals surface area contributed by atoms with Gasteiger partial charge in [0.1, 0.15) is 0 Å². The molecule has 4 nitrogen and oxygen atoms in total. The minimum atomic E-state index is -0.189. The monoisotopic (exact) mass is 313 g/mol. The lowest BCUT2D eigenvalue weighted by Crippen LogP contribution is -2.44. The van der Waals surface area contributed by atoms with Crippen LogP contribution in [-0.2, 0) is 11.2 Å². The van der Waals surface area contributed by atoms with Crippen LogP contribution in [0, 0.1) is 0 Å². The van der Waals surface area contributed by atoms with Crippen molar-refractivity contribution in [3.05, 3.63) is 42.2 Å². The Labute approximate surface area is 138 Å². The van der Waals surface area contributed by atoms with Gasteiger partial charge in [-0.25, -0.2) is 0 Å². The van der Waals surface area contributed by atoms with Crippen molar-refractivity contribution in [1.29, 1.82) is 0 Å². The first-order valence-electron chi connectivity index (χ1n) is 8.15.